The summed E-state index contributed by atoms with van der Waals surface area (Å²) in [4.78, 5) is 28.6. The lowest BCUT2D eigenvalue weighted by atomic mass is 10.1. The molecule has 1 amide bonds. The molecule has 1 fully saturated rings. The minimum atomic E-state index is -0.476. The summed E-state index contributed by atoms with van der Waals surface area (Å²) in [7, 11) is 3.89. The van der Waals surface area contributed by atoms with Gasteiger partial charge in [-0.1, -0.05) is 0 Å². The molecule has 1 aromatic heterocycles. The maximum Gasteiger partial charge on any atom is 0.269 e. The summed E-state index contributed by atoms with van der Waals surface area (Å²) >= 11 is 0. The fourth-order valence-corrected chi connectivity index (χ4v) is 2.79. The maximum absolute atomic E-state index is 12.6. The molecule has 2 aromatic rings. The second-order valence-electron chi connectivity index (χ2n) is 6.25. The Labute approximate surface area is 151 Å². The van der Waals surface area contributed by atoms with Gasteiger partial charge in [0.2, 0.25) is 0 Å². The zero-order chi connectivity index (χ0) is 18.7. The summed E-state index contributed by atoms with van der Waals surface area (Å²) in [6.07, 6.45) is 1.71. The standard InChI is InChI=1S/C17H20N6O3/c1-20(2)15-11-16(19-18-12-15)21-7-9-22(10-8-21)17(24)13-3-5-14(6-4-13)23(25)26/h3-6,11-12H,7-10H2,1-2H3. The van der Waals surface area contributed by atoms with Crippen LogP contribution >= 0.6 is 0 Å². The van der Waals surface area contributed by atoms with Crippen molar-refractivity contribution in [1.82, 2.24) is 15.1 Å². The molecule has 0 unspecified atom stereocenters. The highest BCUT2D eigenvalue weighted by Crippen LogP contribution is 2.19. The van der Waals surface area contributed by atoms with E-state index in [1.165, 1.54) is 24.3 Å². The van der Waals surface area contributed by atoms with Crippen LogP contribution < -0.4 is 9.80 Å². The van der Waals surface area contributed by atoms with Gasteiger partial charge >= 0.3 is 0 Å². The van der Waals surface area contributed by atoms with E-state index in [0.717, 1.165) is 11.5 Å². The van der Waals surface area contributed by atoms with Gasteiger partial charge in [0.15, 0.2) is 5.82 Å². The van der Waals surface area contributed by atoms with Crippen molar-refractivity contribution in [3.05, 3.63) is 52.2 Å². The van der Waals surface area contributed by atoms with E-state index in [9.17, 15) is 14.9 Å². The number of carbonyl (C=O) groups excluding carboxylic acids is 1. The number of nitro benzene ring substituents is 1. The van der Waals surface area contributed by atoms with E-state index in [-0.39, 0.29) is 11.6 Å². The van der Waals surface area contributed by atoms with Crippen LogP contribution in [0.25, 0.3) is 0 Å². The predicted molar refractivity (Wildman–Crippen MR) is 97.6 cm³/mol. The number of anilines is 2. The number of rotatable bonds is 4. The molecule has 9 heteroatoms. The van der Waals surface area contributed by atoms with E-state index < -0.39 is 4.92 Å². The topological polar surface area (TPSA) is 95.7 Å². The average molecular weight is 356 g/mol. The van der Waals surface area contributed by atoms with Crippen molar-refractivity contribution in [2.45, 2.75) is 0 Å². The molecule has 0 spiro atoms. The largest absolute Gasteiger partial charge is 0.376 e. The molecule has 136 valence electrons. The summed E-state index contributed by atoms with van der Waals surface area (Å²) in [5, 5.41) is 18.9. The minimum Gasteiger partial charge on any atom is -0.376 e. The molecular weight excluding hydrogens is 336 g/mol. The molecule has 0 N–H and O–H groups in total. The number of benzene rings is 1. The van der Waals surface area contributed by atoms with Crippen LogP contribution in [0.2, 0.25) is 0 Å². The highest BCUT2D eigenvalue weighted by atomic mass is 16.6. The molecule has 1 saturated heterocycles. The number of nitrogens with zero attached hydrogens (tertiary/aromatic N) is 6. The number of piperazine rings is 1. The molecule has 0 radical (unpaired) electrons. The molecular formula is C17H20N6O3. The molecule has 1 aromatic carbocycles. The van der Waals surface area contributed by atoms with E-state index in [1.807, 2.05) is 25.1 Å². The first-order valence-electron chi connectivity index (χ1n) is 8.24. The Bertz CT molecular complexity index is 800. The third-order valence-electron chi connectivity index (χ3n) is 4.36. The molecule has 0 bridgehead atoms. The van der Waals surface area contributed by atoms with Crippen LogP contribution in [0.15, 0.2) is 36.5 Å². The molecule has 9 nitrogen and oxygen atoms in total. The molecule has 1 aliphatic rings. The van der Waals surface area contributed by atoms with Crippen molar-refractivity contribution < 1.29 is 9.72 Å². The van der Waals surface area contributed by atoms with Crippen molar-refractivity contribution in [3.63, 3.8) is 0 Å². The Hall–Kier alpha value is -3.23. The van der Waals surface area contributed by atoms with Crippen LogP contribution in [-0.2, 0) is 0 Å². The number of hydrogen-bond donors (Lipinski definition) is 0. The van der Waals surface area contributed by atoms with E-state index in [1.54, 1.807) is 11.1 Å². The molecule has 3 rings (SSSR count). The van der Waals surface area contributed by atoms with Crippen LogP contribution in [0.3, 0.4) is 0 Å². The molecule has 1 aliphatic heterocycles. The Kier molecular flexibility index (Phi) is 4.97. The van der Waals surface area contributed by atoms with Crippen molar-refractivity contribution >= 4 is 23.1 Å². The second-order valence-corrected chi connectivity index (χ2v) is 6.25. The van der Waals surface area contributed by atoms with Crippen LogP contribution in [0.5, 0.6) is 0 Å². The van der Waals surface area contributed by atoms with Gasteiger partial charge in [-0.15, -0.1) is 5.10 Å². The minimum absolute atomic E-state index is 0.0225. The quantitative estimate of drug-likeness (QED) is 0.604. The highest BCUT2D eigenvalue weighted by Gasteiger charge is 2.23. The Morgan fingerprint density at radius 1 is 1.15 bits per heavy atom. The van der Waals surface area contributed by atoms with E-state index >= 15 is 0 Å². The first kappa shape index (κ1) is 17.6. The summed E-state index contributed by atoms with van der Waals surface area (Å²) < 4.78 is 0. The average Bonchev–Trinajstić information content (AvgIpc) is 2.67. The summed E-state index contributed by atoms with van der Waals surface area (Å²) in [6.45, 7) is 2.43. The third-order valence-corrected chi connectivity index (χ3v) is 4.36. The molecule has 0 atom stereocenters. The monoisotopic (exact) mass is 356 g/mol. The number of hydrogen-bond acceptors (Lipinski definition) is 7. The van der Waals surface area contributed by atoms with Gasteiger partial charge in [-0.05, 0) is 12.1 Å². The second kappa shape index (κ2) is 7.34. The molecule has 0 aliphatic carbocycles. The van der Waals surface area contributed by atoms with Gasteiger partial charge in [-0.3, -0.25) is 14.9 Å². The highest BCUT2D eigenvalue weighted by molar-refractivity contribution is 5.94. The number of carbonyl (C=O) groups is 1. The zero-order valence-electron chi connectivity index (χ0n) is 14.7. The van der Waals surface area contributed by atoms with Crippen LogP contribution in [-0.4, -0.2) is 66.2 Å². The van der Waals surface area contributed by atoms with Crippen LogP contribution in [0.4, 0.5) is 17.2 Å². The van der Waals surface area contributed by atoms with Crippen molar-refractivity contribution in [3.8, 4) is 0 Å². The lowest BCUT2D eigenvalue weighted by molar-refractivity contribution is -0.384. The first-order chi connectivity index (χ1) is 12.5. The fraction of sp³-hybridized carbons (Fsp3) is 0.353. The van der Waals surface area contributed by atoms with Gasteiger partial charge in [0.25, 0.3) is 11.6 Å². The smallest absolute Gasteiger partial charge is 0.269 e. The first-order valence-corrected chi connectivity index (χ1v) is 8.24. The summed E-state index contributed by atoms with van der Waals surface area (Å²) in [5.74, 6) is 0.673. The molecule has 2 heterocycles. The third kappa shape index (κ3) is 3.71. The number of non-ortho nitro benzene ring substituents is 1. The zero-order valence-corrected chi connectivity index (χ0v) is 14.7. The van der Waals surface area contributed by atoms with Crippen LogP contribution in [0, 0.1) is 10.1 Å². The Morgan fingerprint density at radius 2 is 1.81 bits per heavy atom. The summed E-state index contributed by atoms with van der Waals surface area (Å²) in [6, 6.07) is 7.68. The number of amides is 1. The molecule has 0 saturated carbocycles. The van der Waals surface area contributed by atoms with Gasteiger partial charge in [0.1, 0.15) is 0 Å². The van der Waals surface area contributed by atoms with Gasteiger partial charge in [0, 0.05) is 64.0 Å². The Balaban J connectivity index is 1.63. The normalized spacial score (nSPS) is 14.2. The predicted octanol–water partition coefficient (Wildman–Crippen LogP) is 1.41. The van der Waals surface area contributed by atoms with Crippen molar-refractivity contribution in [1.29, 1.82) is 0 Å². The van der Waals surface area contributed by atoms with Gasteiger partial charge in [0.05, 0.1) is 16.8 Å². The van der Waals surface area contributed by atoms with Crippen LogP contribution in [0.1, 0.15) is 10.4 Å². The van der Waals surface area contributed by atoms with E-state index in [2.05, 4.69) is 15.1 Å². The number of nitro groups is 1. The summed E-state index contributed by atoms with van der Waals surface area (Å²) in [5.41, 5.74) is 1.41. The van der Waals surface area contributed by atoms with Gasteiger partial charge in [-0.2, -0.15) is 5.10 Å². The lowest BCUT2D eigenvalue weighted by Crippen LogP contribution is -2.49. The number of aromatic nitrogens is 2. The van der Waals surface area contributed by atoms with E-state index in [4.69, 9.17) is 0 Å². The van der Waals surface area contributed by atoms with Crippen molar-refractivity contribution in [2.75, 3.05) is 50.1 Å². The van der Waals surface area contributed by atoms with Gasteiger partial charge < -0.3 is 14.7 Å². The fourth-order valence-electron chi connectivity index (χ4n) is 2.79. The lowest BCUT2D eigenvalue weighted by Gasteiger charge is -2.35. The maximum atomic E-state index is 12.6. The Morgan fingerprint density at radius 3 is 2.38 bits per heavy atom. The SMILES string of the molecule is CN(C)c1cnnc(N2CCN(C(=O)c3ccc([N+](=O)[O-])cc3)CC2)c1. The van der Waals surface area contributed by atoms with Gasteiger partial charge in [-0.25, -0.2) is 0 Å². The molecule has 26 heavy (non-hydrogen) atoms. The van der Waals surface area contributed by atoms with Crippen molar-refractivity contribution in [2.24, 2.45) is 0 Å². The van der Waals surface area contributed by atoms with E-state index in [0.29, 0.717) is 31.7 Å².